The number of carbonyl (C=O) groups is 1. The van der Waals surface area contributed by atoms with E-state index in [1.54, 1.807) is 12.1 Å². The van der Waals surface area contributed by atoms with Gasteiger partial charge in [-0.15, -0.1) is 0 Å². The lowest BCUT2D eigenvalue weighted by molar-refractivity contribution is -0.129. The number of hydrogen-bond acceptors (Lipinski definition) is 2. The minimum absolute atomic E-state index is 0.100. The molecule has 4 heteroatoms. The second kappa shape index (κ2) is 6.93. The van der Waals surface area contributed by atoms with Crippen LogP contribution in [-0.4, -0.2) is 16.4 Å². The normalized spacial score (nSPS) is 24.5. The number of carbonyl (C=O) groups excluding carboxylic acids is 1. The van der Waals surface area contributed by atoms with Crippen molar-refractivity contribution in [1.29, 1.82) is 0 Å². The van der Waals surface area contributed by atoms with Crippen LogP contribution in [0.5, 0.6) is 0 Å². The molecule has 4 rings (SSSR count). The maximum absolute atomic E-state index is 13.8. The molecule has 0 unspecified atom stereocenters. The standard InChI is InChI=1S/C25H31FN2O/c1-24(2,3)28-23(29)25(4,5)18-12-15-10-17(11-16(15)13-18)20-8-9-27-22-7-6-19(26)14-21(20)22/h6-9,12,14-17H,10-11,13H2,1-5H3,(H,28,29)/t15-,16+,17-/m1/s1. The topological polar surface area (TPSA) is 42.0 Å². The summed E-state index contributed by atoms with van der Waals surface area (Å²) in [4.78, 5) is 17.3. The number of rotatable bonds is 3. The van der Waals surface area contributed by atoms with E-state index in [1.165, 1.54) is 17.2 Å². The van der Waals surface area contributed by atoms with Crippen molar-refractivity contribution in [2.24, 2.45) is 17.3 Å². The fourth-order valence-corrected chi connectivity index (χ4v) is 5.06. The average molecular weight is 395 g/mol. The minimum Gasteiger partial charge on any atom is -0.351 e. The third-order valence-corrected chi connectivity index (χ3v) is 6.68. The highest BCUT2D eigenvalue weighted by Crippen LogP contribution is 2.53. The smallest absolute Gasteiger partial charge is 0.230 e. The molecule has 1 aromatic carbocycles. The number of amides is 1. The zero-order valence-corrected chi connectivity index (χ0v) is 18.1. The van der Waals surface area contributed by atoms with Crippen molar-refractivity contribution in [3.63, 3.8) is 0 Å². The monoisotopic (exact) mass is 394 g/mol. The molecule has 1 heterocycles. The summed E-state index contributed by atoms with van der Waals surface area (Å²) in [5.74, 6) is 1.37. The van der Waals surface area contributed by atoms with Crippen LogP contribution in [0.15, 0.2) is 42.1 Å². The molecule has 1 N–H and O–H groups in total. The summed E-state index contributed by atoms with van der Waals surface area (Å²) in [7, 11) is 0. The Bertz CT molecular complexity index is 986. The number of hydrogen-bond donors (Lipinski definition) is 1. The molecular weight excluding hydrogens is 363 g/mol. The maximum Gasteiger partial charge on any atom is 0.230 e. The Labute approximate surface area is 172 Å². The van der Waals surface area contributed by atoms with Crippen LogP contribution < -0.4 is 5.32 Å². The lowest BCUT2D eigenvalue weighted by Crippen LogP contribution is -2.47. The van der Waals surface area contributed by atoms with Gasteiger partial charge in [-0.2, -0.15) is 0 Å². The highest BCUT2D eigenvalue weighted by Gasteiger charge is 2.44. The van der Waals surface area contributed by atoms with Gasteiger partial charge in [-0.25, -0.2) is 4.39 Å². The van der Waals surface area contributed by atoms with Crippen molar-refractivity contribution in [2.75, 3.05) is 0 Å². The highest BCUT2D eigenvalue weighted by molar-refractivity contribution is 5.86. The molecule has 1 amide bonds. The molecule has 3 atom stereocenters. The number of halogens is 1. The van der Waals surface area contributed by atoms with Crippen LogP contribution in [0, 0.1) is 23.1 Å². The largest absolute Gasteiger partial charge is 0.351 e. The van der Waals surface area contributed by atoms with E-state index in [1.807, 2.05) is 40.8 Å². The minimum atomic E-state index is -0.486. The van der Waals surface area contributed by atoms with E-state index in [9.17, 15) is 9.18 Å². The van der Waals surface area contributed by atoms with Crippen LogP contribution in [0.4, 0.5) is 4.39 Å². The fraction of sp³-hybridized carbons (Fsp3) is 0.520. The first kappa shape index (κ1) is 20.1. The van der Waals surface area contributed by atoms with Gasteiger partial charge in [0.2, 0.25) is 5.91 Å². The van der Waals surface area contributed by atoms with Gasteiger partial charge in [0.25, 0.3) is 0 Å². The van der Waals surface area contributed by atoms with E-state index in [-0.39, 0.29) is 17.3 Å². The number of pyridine rings is 1. The Morgan fingerprint density at radius 1 is 1.14 bits per heavy atom. The summed E-state index contributed by atoms with van der Waals surface area (Å²) >= 11 is 0. The van der Waals surface area contributed by atoms with E-state index in [0.717, 1.165) is 30.2 Å². The van der Waals surface area contributed by atoms with Crippen molar-refractivity contribution in [3.05, 3.63) is 53.5 Å². The molecule has 2 aliphatic rings. The van der Waals surface area contributed by atoms with E-state index >= 15 is 0 Å². The summed E-state index contributed by atoms with van der Waals surface area (Å²) in [5.41, 5.74) is 2.62. The van der Waals surface area contributed by atoms with E-state index in [0.29, 0.717) is 17.8 Å². The molecule has 0 bridgehead atoms. The molecule has 2 aromatic rings. The van der Waals surface area contributed by atoms with Crippen LogP contribution in [0.25, 0.3) is 10.9 Å². The quantitative estimate of drug-likeness (QED) is 0.673. The Morgan fingerprint density at radius 3 is 2.59 bits per heavy atom. The predicted molar refractivity (Wildman–Crippen MR) is 115 cm³/mol. The molecule has 0 saturated heterocycles. The van der Waals surface area contributed by atoms with E-state index < -0.39 is 5.41 Å². The third kappa shape index (κ3) is 3.82. The van der Waals surface area contributed by atoms with E-state index in [4.69, 9.17) is 0 Å². The molecule has 1 aromatic heterocycles. The maximum atomic E-state index is 13.8. The highest BCUT2D eigenvalue weighted by atomic mass is 19.1. The fourth-order valence-electron chi connectivity index (χ4n) is 5.06. The summed E-state index contributed by atoms with van der Waals surface area (Å²) in [6, 6.07) is 6.91. The molecule has 1 saturated carbocycles. The van der Waals surface area contributed by atoms with Crippen LogP contribution in [0.1, 0.15) is 65.4 Å². The number of nitrogens with one attached hydrogen (secondary N) is 1. The van der Waals surface area contributed by atoms with Crippen LogP contribution in [-0.2, 0) is 4.79 Å². The van der Waals surface area contributed by atoms with Crippen molar-refractivity contribution >= 4 is 16.8 Å². The molecule has 1 fully saturated rings. The summed E-state index contributed by atoms with van der Waals surface area (Å²) in [6.07, 6.45) is 7.31. The molecule has 2 aliphatic carbocycles. The van der Waals surface area contributed by atoms with Gasteiger partial charge in [0.1, 0.15) is 5.82 Å². The molecule has 3 nitrogen and oxygen atoms in total. The first-order chi connectivity index (χ1) is 13.5. The van der Waals surface area contributed by atoms with Crippen LogP contribution >= 0.6 is 0 Å². The van der Waals surface area contributed by atoms with Crippen molar-refractivity contribution in [3.8, 4) is 0 Å². The van der Waals surface area contributed by atoms with Gasteiger partial charge >= 0.3 is 0 Å². The first-order valence-electron chi connectivity index (χ1n) is 10.6. The van der Waals surface area contributed by atoms with Crippen LogP contribution in [0.2, 0.25) is 0 Å². The lowest BCUT2D eigenvalue weighted by atomic mass is 9.80. The van der Waals surface area contributed by atoms with Gasteiger partial charge in [0.05, 0.1) is 10.9 Å². The van der Waals surface area contributed by atoms with Gasteiger partial charge in [-0.1, -0.05) is 11.6 Å². The Hall–Kier alpha value is -2.23. The molecule has 0 aliphatic heterocycles. The lowest BCUT2D eigenvalue weighted by Gasteiger charge is -2.31. The summed E-state index contributed by atoms with van der Waals surface area (Å²) in [5, 5.41) is 4.08. The van der Waals surface area contributed by atoms with Crippen molar-refractivity contribution in [1.82, 2.24) is 10.3 Å². The van der Waals surface area contributed by atoms with Gasteiger partial charge in [0.15, 0.2) is 0 Å². The van der Waals surface area contributed by atoms with E-state index in [2.05, 4.69) is 22.4 Å². The number of fused-ring (bicyclic) bond motifs is 2. The second-order valence-corrected chi connectivity index (χ2v) is 10.4. The summed E-state index contributed by atoms with van der Waals surface area (Å²) < 4.78 is 13.8. The Balaban J connectivity index is 1.54. The number of aromatic nitrogens is 1. The number of allylic oxidation sites excluding steroid dienone is 1. The number of benzene rings is 1. The Kier molecular flexibility index (Phi) is 4.79. The van der Waals surface area contributed by atoms with Gasteiger partial charge in [-0.3, -0.25) is 9.78 Å². The predicted octanol–water partition coefficient (Wildman–Crippen LogP) is 5.75. The zero-order valence-electron chi connectivity index (χ0n) is 18.1. The summed E-state index contributed by atoms with van der Waals surface area (Å²) in [6.45, 7) is 10.1. The molecule has 0 spiro atoms. The average Bonchev–Trinajstić information content (AvgIpc) is 3.19. The zero-order chi connectivity index (χ0) is 21.0. The number of nitrogens with zero attached hydrogens (tertiary/aromatic N) is 1. The van der Waals surface area contributed by atoms with Gasteiger partial charge in [0, 0.05) is 17.1 Å². The first-order valence-corrected chi connectivity index (χ1v) is 10.6. The van der Waals surface area contributed by atoms with Gasteiger partial charge in [-0.05, 0) is 101 Å². The molecular formula is C25H31FN2O. The second-order valence-electron chi connectivity index (χ2n) is 10.4. The molecule has 154 valence electrons. The SMILES string of the molecule is CC(C)(C)NC(=O)C(C)(C)C1=C[C@H]2C[C@@H](c3ccnc4ccc(F)cc34)C[C@H]2C1. The van der Waals surface area contributed by atoms with Crippen LogP contribution in [0.3, 0.4) is 0 Å². The third-order valence-electron chi connectivity index (χ3n) is 6.68. The molecule has 29 heavy (non-hydrogen) atoms. The van der Waals surface area contributed by atoms with Gasteiger partial charge < -0.3 is 5.32 Å². The van der Waals surface area contributed by atoms with Crippen molar-refractivity contribution in [2.45, 2.75) is 65.3 Å². The Morgan fingerprint density at radius 2 is 1.90 bits per heavy atom. The molecule has 0 radical (unpaired) electrons. The van der Waals surface area contributed by atoms with Crippen molar-refractivity contribution < 1.29 is 9.18 Å².